The van der Waals surface area contributed by atoms with Gasteiger partial charge in [-0.15, -0.1) is 0 Å². The first-order chi connectivity index (χ1) is 8.83. The highest BCUT2D eigenvalue weighted by molar-refractivity contribution is 5.50. The van der Waals surface area contributed by atoms with Crippen molar-refractivity contribution in [3.05, 3.63) is 48.8 Å². The van der Waals surface area contributed by atoms with Crippen LogP contribution in [0.1, 0.15) is 5.82 Å². The van der Waals surface area contributed by atoms with Crippen LogP contribution in [0.5, 0.6) is 0 Å². The highest BCUT2D eigenvalue weighted by Crippen LogP contribution is 2.12. The SMILES string of the molecule is Cc1ncn(-c2cccc(-c3ncccn3)n2)n1. The lowest BCUT2D eigenvalue weighted by Crippen LogP contribution is -2.00. The van der Waals surface area contributed by atoms with Crippen molar-refractivity contribution in [1.29, 1.82) is 0 Å². The molecular formula is C12H10N6. The van der Waals surface area contributed by atoms with E-state index in [-0.39, 0.29) is 0 Å². The van der Waals surface area contributed by atoms with Crippen LogP contribution < -0.4 is 0 Å². The van der Waals surface area contributed by atoms with Crippen molar-refractivity contribution in [2.24, 2.45) is 0 Å². The molecule has 6 heteroatoms. The third kappa shape index (κ3) is 1.95. The molecule has 0 atom stereocenters. The molecule has 0 radical (unpaired) electrons. The number of aromatic nitrogens is 6. The summed E-state index contributed by atoms with van der Waals surface area (Å²) >= 11 is 0. The fourth-order valence-corrected chi connectivity index (χ4v) is 1.56. The van der Waals surface area contributed by atoms with Crippen LogP contribution >= 0.6 is 0 Å². The smallest absolute Gasteiger partial charge is 0.178 e. The summed E-state index contributed by atoms with van der Waals surface area (Å²) in [5.41, 5.74) is 0.709. The lowest BCUT2D eigenvalue weighted by atomic mass is 10.3. The maximum Gasteiger partial charge on any atom is 0.178 e. The second-order valence-electron chi connectivity index (χ2n) is 3.69. The van der Waals surface area contributed by atoms with Gasteiger partial charge in [0, 0.05) is 12.4 Å². The highest BCUT2D eigenvalue weighted by Gasteiger charge is 2.05. The maximum absolute atomic E-state index is 4.46. The van der Waals surface area contributed by atoms with Crippen molar-refractivity contribution in [3.63, 3.8) is 0 Å². The van der Waals surface area contributed by atoms with Gasteiger partial charge in [-0.1, -0.05) is 6.07 Å². The molecule has 0 saturated carbocycles. The second kappa shape index (κ2) is 4.33. The van der Waals surface area contributed by atoms with E-state index in [0.29, 0.717) is 23.2 Å². The predicted molar refractivity (Wildman–Crippen MR) is 64.9 cm³/mol. The zero-order chi connectivity index (χ0) is 12.4. The predicted octanol–water partition coefficient (Wildman–Crippen LogP) is 1.43. The van der Waals surface area contributed by atoms with E-state index >= 15 is 0 Å². The minimum absolute atomic E-state index is 0.594. The van der Waals surface area contributed by atoms with Gasteiger partial charge in [-0.05, 0) is 25.1 Å². The molecule has 88 valence electrons. The molecular weight excluding hydrogens is 228 g/mol. The average molecular weight is 238 g/mol. The summed E-state index contributed by atoms with van der Waals surface area (Å²) in [5, 5.41) is 4.22. The lowest BCUT2D eigenvalue weighted by Gasteiger charge is -2.02. The summed E-state index contributed by atoms with van der Waals surface area (Å²) in [6.45, 7) is 1.83. The van der Waals surface area contributed by atoms with Gasteiger partial charge >= 0.3 is 0 Å². The number of aryl methyl sites for hydroxylation is 1. The van der Waals surface area contributed by atoms with Gasteiger partial charge in [0.05, 0.1) is 0 Å². The topological polar surface area (TPSA) is 69.4 Å². The van der Waals surface area contributed by atoms with Crippen LogP contribution in [-0.4, -0.2) is 29.7 Å². The number of nitrogens with zero attached hydrogens (tertiary/aromatic N) is 6. The van der Waals surface area contributed by atoms with Crippen LogP contribution in [0.15, 0.2) is 43.0 Å². The third-order valence-electron chi connectivity index (χ3n) is 2.37. The molecule has 0 spiro atoms. The minimum Gasteiger partial charge on any atom is -0.235 e. The van der Waals surface area contributed by atoms with Gasteiger partial charge in [-0.3, -0.25) is 0 Å². The van der Waals surface area contributed by atoms with Gasteiger partial charge < -0.3 is 0 Å². The first-order valence-electron chi connectivity index (χ1n) is 5.46. The maximum atomic E-state index is 4.46. The molecule has 0 N–H and O–H groups in total. The Balaban J connectivity index is 2.05. The van der Waals surface area contributed by atoms with Crippen LogP contribution in [0.2, 0.25) is 0 Å². The lowest BCUT2D eigenvalue weighted by molar-refractivity contribution is 0.832. The Morgan fingerprint density at radius 1 is 1.00 bits per heavy atom. The first kappa shape index (κ1) is 10.5. The average Bonchev–Trinajstić information content (AvgIpc) is 2.87. The zero-order valence-electron chi connectivity index (χ0n) is 9.72. The molecule has 0 amide bonds. The summed E-state index contributed by atoms with van der Waals surface area (Å²) in [5.74, 6) is 2.00. The van der Waals surface area contributed by atoms with E-state index in [9.17, 15) is 0 Å². The van der Waals surface area contributed by atoms with Crippen molar-refractivity contribution < 1.29 is 0 Å². The normalized spacial score (nSPS) is 10.5. The quantitative estimate of drug-likeness (QED) is 0.675. The summed E-state index contributed by atoms with van der Waals surface area (Å²) in [6, 6.07) is 7.39. The Morgan fingerprint density at radius 3 is 2.56 bits per heavy atom. The summed E-state index contributed by atoms with van der Waals surface area (Å²) in [6.07, 6.45) is 5.01. The molecule has 0 aliphatic carbocycles. The Labute approximate surface area is 103 Å². The third-order valence-corrected chi connectivity index (χ3v) is 2.37. The summed E-state index contributed by atoms with van der Waals surface area (Å²) in [4.78, 5) is 16.9. The number of hydrogen-bond donors (Lipinski definition) is 0. The van der Waals surface area contributed by atoms with Gasteiger partial charge in [0.15, 0.2) is 11.6 Å². The van der Waals surface area contributed by atoms with E-state index in [1.54, 1.807) is 29.5 Å². The van der Waals surface area contributed by atoms with Crippen LogP contribution in [0, 0.1) is 6.92 Å². The first-order valence-corrected chi connectivity index (χ1v) is 5.46. The van der Waals surface area contributed by atoms with Crippen molar-refractivity contribution in [2.75, 3.05) is 0 Å². The van der Waals surface area contributed by atoms with E-state index in [0.717, 1.165) is 0 Å². The van der Waals surface area contributed by atoms with E-state index in [2.05, 4.69) is 25.0 Å². The minimum atomic E-state index is 0.594. The van der Waals surface area contributed by atoms with Gasteiger partial charge in [0.1, 0.15) is 17.8 Å². The van der Waals surface area contributed by atoms with E-state index < -0.39 is 0 Å². The molecule has 0 bridgehead atoms. The second-order valence-corrected chi connectivity index (χ2v) is 3.69. The molecule has 3 aromatic rings. The monoisotopic (exact) mass is 238 g/mol. The zero-order valence-corrected chi connectivity index (χ0v) is 9.72. The fourth-order valence-electron chi connectivity index (χ4n) is 1.56. The van der Waals surface area contributed by atoms with Crippen LogP contribution in [0.25, 0.3) is 17.3 Å². The standard InChI is InChI=1S/C12H10N6/c1-9-15-8-18(17-9)11-5-2-4-10(16-11)12-13-6-3-7-14-12/h2-8H,1H3. The van der Waals surface area contributed by atoms with Crippen molar-refractivity contribution in [2.45, 2.75) is 6.92 Å². The molecule has 3 heterocycles. The molecule has 3 rings (SSSR count). The Kier molecular flexibility index (Phi) is 2.53. The van der Waals surface area contributed by atoms with Gasteiger partial charge in [-0.2, -0.15) is 5.10 Å². The van der Waals surface area contributed by atoms with Gasteiger partial charge in [-0.25, -0.2) is 24.6 Å². The van der Waals surface area contributed by atoms with Crippen LogP contribution in [0.4, 0.5) is 0 Å². The van der Waals surface area contributed by atoms with E-state index in [1.807, 2.05) is 25.1 Å². The van der Waals surface area contributed by atoms with Gasteiger partial charge in [0.25, 0.3) is 0 Å². The van der Waals surface area contributed by atoms with E-state index in [4.69, 9.17) is 0 Å². The number of hydrogen-bond acceptors (Lipinski definition) is 5. The van der Waals surface area contributed by atoms with Crippen molar-refractivity contribution in [3.8, 4) is 17.3 Å². The largest absolute Gasteiger partial charge is 0.235 e. The summed E-state index contributed by atoms with van der Waals surface area (Å²) in [7, 11) is 0. The van der Waals surface area contributed by atoms with Crippen molar-refractivity contribution >= 4 is 0 Å². The highest BCUT2D eigenvalue weighted by atomic mass is 15.4. The van der Waals surface area contributed by atoms with Crippen LogP contribution in [0.3, 0.4) is 0 Å². The molecule has 0 aliphatic rings. The molecule has 18 heavy (non-hydrogen) atoms. The fraction of sp³-hybridized carbons (Fsp3) is 0.0833. The number of pyridine rings is 1. The molecule has 0 aliphatic heterocycles. The molecule has 0 saturated heterocycles. The van der Waals surface area contributed by atoms with Crippen molar-refractivity contribution in [1.82, 2.24) is 29.7 Å². The Morgan fingerprint density at radius 2 is 1.83 bits per heavy atom. The Hall–Kier alpha value is -2.63. The molecule has 0 unspecified atom stereocenters. The summed E-state index contributed by atoms with van der Waals surface area (Å²) < 4.78 is 1.63. The Bertz CT molecular complexity index is 661. The molecule has 3 aromatic heterocycles. The van der Waals surface area contributed by atoms with Gasteiger partial charge in [0.2, 0.25) is 0 Å². The molecule has 0 aromatic carbocycles. The molecule has 6 nitrogen and oxygen atoms in total. The molecule has 0 fully saturated rings. The van der Waals surface area contributed by atoms with Crippen LogP contribution in [-0.2, 0) is 0 Å². The van der Waals surface area contributed by atoms with E-state index in [1.165, 1.54) is 0 Å². The number of rotatable bonds is 2.